The maximum atomic E-state index is 12.6. The number of carbonyl (C=O) groups is 1. The van der Waals surface area contributed by atoms with Crippen LogP contribution in [0.15, 0.2) is 30.6 Å². The summed E-state index contributed by atoms with van der Waals surface area (Å²) in [6.07, 6.45) is 7.41. The van der Waals surface area contributed by atoms with Crippen molar-refractivity contribution in [1.82, 2.24) is 25.0 Å². The highest BCUT2D eigenvalue weighted by Gasteiger charge is 2.34. The molecule has 3 aromatic rings. The highest BCUT2D eigenvalue weighted by molar-refractivity contribution is 7.17. The molecule has 5 heterocycles. The van der Waals surface area contributed by atoms with Crippen molar-refractivity contribution in [2.75, 3.05) is 37.7 Å². The summed E-state index contributed by atoms with van der Waals surface area (Å²) in [6.45, 7) is 9.71. The highest BCUT2D eigenvalue weighted by Crippen LogP contribution is 2.42. The van der Waals surface area contributed by atoms with Crippen LogP contribution in [0.3, 0.4) is 0 Å². The molecule has 0 bridgehead atoms. The molecule has 0 unspecified atom stereocenters. The fraction of sp³-hybridized carbons (Fsp3) is 0.480. The van der Waals surface area contributed by atoms with Gasteiger partial charge in [0.15, 0.2) is 5.13 Å². The number of thiazole rings is 1. The number of hydrogen-bond acceptors (Lipinski definition) is 7. The van der Waals surface area contributed by atoms with E-state index < -0.39 is 0 Å². The first-order valence-corrected chi connectivity index (χ1v) is 12.9. The number of amides is 1. The van der Waals surface area contributed by atoms with Crippen LogP contribution in [0.4, 0.5) is 10.8 Å². The number of nitrogens with zero attached hydrogens (tertiary/aromatic N) is 5. The smallest absolute Gasteiger partial charge is 0.263 e. The fourth-order valence-corrected chi connectivity index (χ4v) is 6.08. The Labute approximate surface area is 203 Å². The Morgan fingerprint density at radius 2 is 2.00 bits per heavy atom. The molecule has 0 atom stereocenters. The fourth-order valence-electron chi connectivity index (χ4n) is 5.06. The summed E-state index contributed by atoms with van der Waals surface area (Å²) in [5.74, 6) is 0.813. The molecule has 3 aliphatic rings. The van der Waals surface area contributed by atoms with Crippen molar-refractivity contribution in [1.29, 1.82) is 0 Å². The van der Waals surface area contributed by atoms with Crippen molar-refractivity contribution < 1.29 is 9.53 Å². The standard InChI is InChI=1S/C25H30N6O2S/c1-25(2)14-19-22(23(32)28-25)34-24(27-19)31-11-12-33-21-6-5-17(13-20(21)31)18-15-26-30(16-18)10-9-29-7-3-4-8-29/h5-6,13,15-16H,3-4,7-12,14H2,1-2H3,(H,28,32). The summed E-state index contributed by atoms with van der Waals surface area (Å²) in [5.41, 5.74) is 3.79. The van der Waals surface area contributed by atoms with E-state index in [-0.39, 0.29) is 11.4 Å². The summed E-state index contributed by atoms with van der Waals surface area (Å²) in [6, 6.07) is 6.27. The van der Waals surface area contributed by atoms with E-state index in [1.54, 1.807) is 0 Å². The number of rotatable bonds is 5. The van der Waals surface area contributed by atoms with Gasteiger partial charge in [-0.2, -0.15) is 5.10 Å². The molecular weight excluding hydrogens is 448 g/mol. The van der Waals surface area contributed by atoms with E-state index in [0.29, 0.717) is 13.2 Å². The molecule has 1 fully saturated rings. The second-order valence-corrected chi connectivity index (χ2v) is 11.0. The Morgan fingerprint density at radius 3 is 2.85 bits per heavy atom. The highest BCUT2D eigenvalue weighted by atomic mass is 32.1. The molecule has 34 heavy (non-hydrogen) atoms. The molecule has 1 saturated heterocycles. The zero-order valence-corrected chi connectivity index (χ0v) is 20.5. The number of aromatic nitrogens is 3. The average Bonchev–Trinajstić information content (AvgIpc) is 3.57. The first-order chi connectivity index (χ1) is 16.4. The lowest BCUT2D eigenvalue weighted by Gasteiger charge is -2.29. The third-order valence-electron chi connectivity index (χ3n) is 6.82. The van der Waals surface area contributed by atoms with Crippen LogP contribution in [0, 0.1) is 0 Å². The Kier molecular flexibility index (Phi) is 5.33. The van der Waals surface area contributed by atoms with E-state index in [9.17, 15) is 4.79 Å². The van der Waals surface area contributed by atoms with Crippen molar-refractivity contribution in [3.63, 3.8) is 0 Å². The van der Waals surface area contributed by atoms with E-state index in [1.165, 1.54) is 37.3 Å². The quantitative estimate of drug-likeness (QED) is 0.603. The molecule has 1 amide bonds. The number of hydrogen-bond donors (Lipinski definition) is 1. The number of likely N-dealkylation sites (tertiary alicyclic amines) is 1. The van der Waals surface area contributed by atoms with Crippen molar-refractivity contribution >= 4 is 28.1 Å². The third-order valence-corrected chi connectivity index (χ3v) is 7.94. The minimum Gasteiger partial charge on any atom is -0.490 e. The van der Waals surface area contributed by atoms with Gasteiger partial charge in [-0.15, -0.1) is 0 Å². The van der Waals surface area contributed by atoms with Gasteiger partial charge in [0.05, 0.1) is 30.7 Å². The number of nitrogens with one attached hydrogen (secondary N) is 1. The Morgan fingerprint density at radius 1 is 1.15 bits per heavy atom. The molecule has 8 nitrogen and oxygen atoms in total. The molecular formula is C25H30N6O2S. The molecule has 0 radical (unpaired) electrons. The minimum atomic E-state index is -0.277. The van der Waals surface area contributed by atoms with Gasteiger partial charge in [0.2, 0.25) is 0 Å². The largest absolute Gasteiger partial charge is 0.490 e. The molecule has 6 rings (SSSR count). The third kappa shape index (κ3) is 4.07. The van der Waals surface area contributed by atoms with Crippen molar-refractivity contribution in [3.05, 3.63) is 41.2 Å². The maximum absolute atomic E-state index is 12.6. The SMILES string of the molecule is CC1(C)Cc2nc(N3CCOc4ccc(-c5cnn(CCN6CCCC6)c5)cc43)sc2C(=O)N1. The van der Waals surface area contributed by atoms with Crippen LogP contribution in [0.25, 0.3) is 11.1 Å². The van der Waals surface area contributed by atoms with Gasteiger partial charge in [-0.1, -0.05) is 17.4 Å². The Bertz CT molecular complexity index is 1230. The molecule has 0 spiro atoms. The second-order valence-electron chi connectivity index (χ2n) is 10.0. The van der Waals surface area contributed by atoms with Gasteiger partial charge in [-0.05, 0) is 57.5 Å². The summed E-state index contributed by atoms with van der Waals surface area (Å²) >= 11 is 1.46. The molecule has 0 saturated carbocycles. The lowest BCUT2D eigenvalue weighted by molar-refractivity contribution is 0.0901. The second kappa shape index (κ2) is 8.39. The van der Waals surface area contributed by atoms with Gasteiger partial charge in [0, 0.05) is 30.3 Å². The van der Waals surface area contributed by atoms with Crippen LogP contribution >= 0.6 is 11.3 Å². The lowest BCUT2D eigenvalue weighted by Crippen LogP contribution is -2.48. The Balaban J connectivity index is 1.26. The summed E-state index contributed by atoms with van der Waals surface area (Å²) in [7, 11) is 0. The van der Waals surface area contributed by atoms with Gasteiger partial charge >= 0.3 is 0 Å². The number of anilines is 2. The van der Waals surface area contributed by atoms with Crippen LogP contribution in [0.5, 0.6) is 5.75 Å². The van der Waals surface area contributed by atoms with Crippen LogP contribution in [0.1, 0.15) is 42.1 Å². The molecule has 0 aliphatic carbocycles. The van der Waals surface area contributed by atoms with E-state index in [4.69, 9.17) is 9.72 Å². The van der Waals surface area contributed by atoms with Crippen molar-refractivity contribution in [3.8, 4) is 16.9 Å². The summed E-state index contributed by atoms with van der Waals surface area (Å²) < 4.78 is 7.99. The number of fused-ring (bicyclic) bond motifs is 2. The topological polar surface area (TPSA) is 75.5 Å². The predicted octanol–water partition coefficient (Wildman–Crippen LogP) is 3.70. The van der Waals surface area contributed by atoms with E-state index >= 15 is 0 Å². The average molecular weight is 479 g/mol. The lowest BCUT2D eigenvalue weighted by atomic mass is 9.94. The van der Waals surface area contributed by atoms with Crippen LogP contribution < -0.4 is 15.0 Å². The number of ether oxygens (including phenoxy) is 1. The Hall–Kier alpha value is -2.91. The predicted molar refractivity (Wildman–Crippen MR) is 133 cm³/mol. The molecule has 178 valence electrons. The van der Waals surface area contributed by atoms with Crippen molar-refractivity contribution in [2.45, 2.75) is 45.2 Å². The van der Waals surface area contributed by atoms with Gasteiger partial charge in [-0.25, -0.2) is 4.98 Å². The maximum Gasteiger partial charge on any atom is 0.263 e. The van der Waals surface area contributed by atoms with Crippen LogP contribution in [-0.2, 0) is 13.0 Å². The van der Waals surface area contributed by atoms with Gasteiger partial charge in [0.25, 0.3) is 5.91 Å². The molecule has 1 N–H and O–H groups in total. The van der Waals surface area contributed by atoms with E-state index in [2.05, 4.69) is 38.5 Å². The summed E-state index contributed by atoms with van der Waals surface area (Å²) in [4.78, 5) is 22.9. The number of carbonyl (C=O) groups excluding carboxylic acids is 1. The molecule has 1 aromatic carbocycles. The van der Waals surface area contributed by atoms with E-state index in [0.717, 1.165) is 57.8 Å². The molecule has 2 aromatic heterocycles. The van der Waals surface area contributed by atoms with Gasteiger partial charge in [0.1, 0.15) is 17.2 Å². The zero-order chi connectivity index (χ0) is 23.3. The van der Waals surface area contributed by atoms with Crippen LogP contribution in [0.2, 0.25) is 0 Å². The van der Waals surface area contributed by atoms with Gasteiger partial charge < -0.3 is 19.9 Å². The first-order valence-electron chi connectivity index (χ1n) is 12.1. The minimum absolute atomic E-state index is 0.0291. The zero-order valence-electron chi connectivity index (χ0n) is 19.7. The molecule has 3 aliphatic heterocycles. The summed E-state index contributed by atoms with van der Waals surface area (Å²) in [5, 5.41) is 8.53. The van der Waals surface area contributed by atoms with E-state index in [1.807, 2.05) is 30.8 Å². The van der Waals surface area contributed by atoms with Gasteiger partial charge in [-0.3, -0.25) is 9.48 Å². The van der Waals surface area contributed by atoms with Crippen molar-refractivity contribution in [2.24, 2.45) is 0 Å². The number of benzene rings is 1. The monoisotopic (exact) mass is 478 g/mol. The normalized spacial score (nSPS) is 19.5. The first kappa shape index (κ1) is 21.6. The molecule has 9 heteroatoms. The van der Waals surface area contributed by atoms with Crippen LogP contribution in [-0.4, -0.2) is 63.9 Å².